The van der Waals surface area contributed by atoms with Crippen molar-refractivity contribution in [2.24, 2.45) is 5.92 Å². The van der Waals surface area contributed by atoms with Crippen molar-refractivity contribution in [3.8, 4) is 0 Å². The van der Waals surface area contributed by atoms with Gasteiger partial charge in [-0.25, -0.2) is 0 Å². The summed E-state index contributed by atoms with van der Waals surface area (Å²) in [5.41, 5.74) is 0.447. The smallest absolute Gasteiger partial charge is 0.231 e. The molecule has 1 heterocycles. The number of amides is 1. The number of carbonyl (C=O) groups is 1. The fourth-order valence-corrected chi connectivity index (χ4v) is 2.54. The maximum absolute atomic E-state index is 12.2. The highest BCUT2D eigenvalue weighted by molar-refractivity contribution is 6.44. The molecule has 7 heteroatoms. The molecule has 1 aromatic rings. The fraction of sp³-hybridized carbons (Fsp3) is 0.417. The van der Waals surface area contributed by atoms with Crippen molar-refractivity contribution in [1.82, 2.24) is 5.32 Å². The van der Waals surface area contributed by atoms with E-state index in [4.69, 9.17) is 39.5 Å². The molecule has 0 radical (unpaired) electrons. The van der Waals surface area contributed by atoms with Gasteiger partial charge >= 0.3 is 0 Å². The van der Waals surface area contributed by atoms with E-state index in [1.54, 1.807) is 7.05 Å². The van der Waals surface area contributed by atoms with Crippen LogP contribution in [0, 0.1) is 5.92 Å². The van der Waals surface area contributed by atoms with Crippen LogP contribution in [0.3, 0.4) is 0 Å². The van der Waals surface area contributed by atoms with Crippen LogP contribution in [-0.2, 0) is 9.53 Å². The van der Waals surface area contributed by atoms with Crippen LogP contribution in [0.4, 0.5) is 5.69 Å². The predicted octanol–water partition coefficient (Wildman–Crippen LogP) is 2.82. The number of rotatable bonds is 3. The van der Waals surface area contributed by atoms with E-state index in [-0.39, 0.29) is 17.9 Å². The monoisotopic (exact) mass is 322 g/mol. The van der Waals surface area contributed by atoms with Crippen LogP contribution in [0.1, 0.15) is 0 Å². The second-order valence-corrected chi connectivity index (χ2v) is 5.50. The van der Waals surface area contributed by atoms with Gasteiger partial charge in [-0.1, -0.05) is 34.8 Å². The van der Waals surface area contributed by atoms with Gasteiger partial charge in [-0.2, -0.15) is 0 Å². The number of likely N-dealkylation sites (N-methyl/N-ethyl adjacent to an activating group) is 1. The van der Waals surface area contributed by atoms with E-state index in [0.717, 1.165) is 0 Å². The van der Waals surface area contributed by atoms with Gasteiger partial charge in [-0.15, -0.1) is 0 Å². The lowest BCUT2D eigenvalue weighted by atomic mass is 10.0. The molecule has 0 bridgehead atoms. The zero-order valence-electron chi connectivity index (χ0n) is 10.2. The quantitative estimate of drug-likeness (QED) is 0.841. The topological polar surface area (TPSA) is 50.4 Å². The van der Waals surface area contributed by atoms with Crippen molar-refractivity contribution < 1.29 is 9.53 Å². The molecule has 104 valence electrons. The third-order valence-electron chi connectivity index (χ3n) is 3.06. The van der Waals surface area contributed by atoms with Crippen LogP contribution < -0.4 is 10.6 Å². The van der Waals surface area contributed by atoms with Crippen molar-refractivity contribution >= 4 is 46.4 Å². The normalized spacial score (nSPS) is 22.5. The van der Waals surface area contributed by atoms with Crippen LogP contribution in [0.15, 0.2) is 12.1 Å². The van der Waals surface area contributed by atoms with E-state index in [1.165, 1.54) is 12.1 Å². The van der Waals surface area contributed by atoms with Crippen LogP contribution in [0.5, 0.6) is 0 Å². The molecular weight excluding hydrogens is 311 g/mol. The van der Waals surface area contributed by atoms with Crippen molar-refractivity contribution in [3.63, 3.8) is 0 Å². The summed E-state index contributed by atoms with van der Waals surface area (Å²) in [4.78, 5) is 12.2. The number of benzene rings is 1. The number of carbonyl (C=O) groups excluding carboxylic acids is 1. The summed E-state index contributed by atoms with van der Waals surface area (Å²) >= 11 is 17.8. The Bertz CT molecular complexity index is 496. The van der Waals surface area contributed by atoms with Gasteiger partial charge in [0, 0.05) is 6.04 Å². The molecule has 19 heavy (non-hydrogen) atoms. The maximum atomic E-state index is 12.2. The number of hydrogen-bond acceptors (Lipinski definition) is 3. The summed E-state index contributed by atoms with van der Waals surface area (Å²) in [5, 5.41) is 6.84. The van der Waals surface area contributed by atoms with E-state index < -0.39 is 0 Å². The molecule has 0 spiro atoms. The van der Waals surface area contributed by atoms with Crippen LogP contribution in [0.2, 0.25) is 15.1 Å². The highest BCUT2D eigenvalue weighted by Gasteiger charge is 2.33. The minimum atomic E-state index is -0.254. The van der Waals surface area contributed by atoms with Gasteiger partial charge in [0.15, 0.2) is 0 Å². The number of nitrogens with one attached hydrogen (secondary N) is 2. The first-order valence-electron chi connectivity index (χ1n) is 5.73. The zero-order valence-corrected chi connectivity index (χ0v) is 12.4. The molecule has 0 aromatic heterocycles. The largest absolute Gasteiger partial charge is 0.379 e. The average Bonchev–Trinajstić information content (AvgIpc) is 2.84. The first-order valence-corrected chi connectivity index (χ1v) is 6.86. The summed E-state index contributed by atoms with van der Waals surface area (Å²) < 4.78 is 5.29. The summed E-state index contributed by atoms with van der Waals surface area (Å²) in [6.45, 7) is 0.903. The molecule has 1 fully saturated rings. The molecule has 4 nitrogen and oxygen atoms in total. The highest BCUT2D eigenvalue weighted by Crippen LogP contribution is 2.32. The first kappa shape index (κ1) is 14.9. The Morgan fingerprint density at radius 3 is 2.58 bits per heavy atom. The van der Waals surface area contributed by atoms with Crippen molar-refractivity contribution in [2.45, 2.75) is 6.04 Å². The second kappa shape index (κ2) is 6.29. The summed E-state index contributed by atoms with van der Waals surface area (Å²) in [6.07, 6.45) is 0. The molecule has 2 N–H and O–H groups in total. The van der Waals surface area contributed by atoms with Gasteiger partial charge in [-0.05, 0) is 19.2 Å². The van der Waals surface area contributed by atoms with Crippen molar-refractivity contribution in [2.75, 3.05) is 25.6 Å². The lowest BCUT2D eigenvalue weighted by Crippen LogP contribution is -2.39. The number of hydrogen-bond donors (Lipinski definition) is 2. The zero-order chi connectivity index (χ0) is 14.0. The summed E-state index contributed by atoms with van der Waals surface area (Å²) in [5.74, 6) is -0.410. The van der Waals surface area contributed by atoms with E-state index in [9.17, 15) is 4.79 Å². The van der Waals surface area contributed by atoms with Crippen LogP contribution >= 0.6 is 34.8 Å². The first-order chi connectivity index (χ1) is 9.02. The third kappa shape index (κ3) is 3.33. The molecule has 0 aliphatic carbocycles. The molecule has 1 aliphatic rings. The predicted molar refractivity (Wildman–Crippen MR) is 77.3 cm³/mol. The Morgan fingerprint density at radius 1 is 1.21 bits per heavy atom. The minimum Gasteiger partial charge on any atom is -0.379 e. The SMILES string of the molecule is CNC1COCC1C(=O)Nc1cc(Cl)c(Cl)cc1Cl. The molecule has 1 aliphatic heterocycles. The number of halogens is 3. The van der Waals surface area contributed by atoms with E-state index in [1.807, 2.05) is 0 Å². The maximum Gasteiger partial charge on any atom is 0.231 e. The highest BCUT2D eigenvalue weighted by atomic mass is 35.5. The van der Waals surface area contributed by atoms with Crippen molar-refractivity contribution in [3.05, 3.63) is 27.2 Å². The van der Waals surface area contributed by atoms with Gasteiger partial charge in [0.1, 0.15) is 0 Å². The Morgan fingerprint density at radius 2 is 1.89 bits per heavy atom. The van der Waals surface area contributed by atoms with Crippen LogP contribution in [-0.4, -0.2) is 32.2 Å². The van der Waals surface area contributed by atoms with E-state index >= 15 is 0 Å². The Kier molecular flexibility index (Phi) is 4.92. The van der Waals surface area contributed by atoms with E-state index in [2.05, 4.69) is 10.6 Å². The van der Waals surface area contributed by atoms with Gasteiger partial charge in [0.2, 0.25) is 5.91 Å². The molecule has 2 atom stereocenters. The summed E-state index contributed by atoms with van der Waals surface area (Å²) in [7, 11) is 1.80. The van der Waals surface area contributed by atoms with Gasteiger partial charge < -0.3 is 15.4 Å². The Balaban J connectivity index is 2.13. The number of anilines is 1. The number of ether oxygens (including phenoxy) is 1. The van der Waals surface area contributed by atoms with Crippen molar-refractivity contribution in [1.29, 1.82) is 0 Å². The Labute approximate surface area is 126 Å². The summed E-state index contributed by atoms with van der Waals surface area (Å²) in [6, 6.07) is 3.04. The standard InChI is InChI=1S/C12H13Cl3N2O2/c1-16-11-5-19-4-6(11)12(18)17-10-3-8(14)7(13)2-9(10)15/h2-3,6,11,16H,4-5H2,1H3,(H,17,18). The lowest BCUT2D eigenvalue weighted by molar-refractivity contribution is -0.120. The molecule has 1 aromatic carbocycles. The van der Waals surface area contributed by atoms with Gasteiger partial charge in [0.05, 0.1) is 39.9 Å². The molecule has 2 unspecified atom stereocenters. The molecule has 0 saturated carbocycles. The Hall–Kier alpha value is -0.520. The van der Waals surface area contributed by atoms with Crippen LogP contribution in [0.25, 0.3) is 0 Å². The van der Waals surface area contributed by atoms with Gasteiger partial charge in [0.25, 0.3) is 0 Å². The minimum absolute atomic E-state index is 0.00143. The van der Waals surface area contributed by atoms with E-state index in [0.29, 0.717) is 34.0 Å². The lowest BCUT2D eigenvalue weighted by Gasteiger charge is -2.17. The second-order valence-electron chi connectivity index (χ2n) is 4.27. The molecule has 2 rings (SSSR count). The third-order valence-corrected chi connectivity index (χ3v) is 4.09. The molecule has 1 amide bonds. The molecular formula is C12H13Cl3N2O2. The van der Waals surface area contributed by atoms with Gasteiger partial charge in [-0.3, -0.25) is 4.79 Å². The average molecular weight is 324 g/mol. The molecule has 1 saturated heterocycles. The fourth-order valence-electron chi connectivity index (χ4n) is 1.94.